The summed E-state index contributed by atoms with van der Waals surface area (Å²) >= 11 is 0. The number of methoxy groups -OCH3 is 1. The van der Waals surface area contributed by atoms with Gasteiger partial charge in [0.1, 0.15) is 17.3 Å². The molecule has 1 heterocycles. The number of aliphatic imine (C=N–C) groups is 1. The van der Waals surface area contributed by atoms with Gasteiger partial charge in [0.2, 0.25) is 0 Å². The molecule has 0 atom stereocenters. The lowest BCUT2D eigenvalue weighted by molar-refractivity contribution is 0.412. The van der Waals surface area contributed by atoms with Crippen molar-refractivity contribution in [2.75, 3.05) is 7.11 Å². The molecular formula is C20H22N4O2. The number of benzene rings is 2. The first-order valence-electron chi connectivity index (χ1n) is 8.51. The lowest BCUT2D eigenvalue weighted by atomic mass is 10.1. The third kappa shape index (κ3) is 3.06. The Bertz CT molecular complexity index is 960. The van der Waals surface area contributed by atoms with Crippen LogP contribution in [-0.4, -0.2) is 33.2 Å². The zero-order chi connectivity index (χ0) is 18.7. The third-order valence-electron chi connectivity index (χ3n) is 4.21. The lowest BCUT2D eigenvalue weighted by Gasteiger charge is -2.15. The van der Waals surface area contributed by atoms with Crippen LogP contribution in [0.4, 0.5) is 5.69 Å². The molecule has 1 aromatic heterocycles. The molecule has 0 saturated carbocycles. The number of phenolic OH excluding ortho intramolecular Hbond substituents is 1. The number of rotatable bonds is 5. The van der Waals surface area contributed by atoms with Gasteiger partial charge in [0.05, 0.1) is 24.0 Å². The van der Waals surface area contributed by atoms with Crippen LogP contribution in [0.15, 0.2) is 41.4 Å². The summed E-state index contributed by atoms with van der Waals surface area (Å²) in [7, 11) is 1.59. The van der Waals surface area contributed by atoms with Crippen molar-refractivity contribution in [3.63, 3.8) is 0 Å². The average molecular weight is 350 g/mol. The zero-order valence-corrected chi connectivity index (χ0v) is 15.4. The molecule has 0 radical (unpaired) electrons. The number of aromatic nitrogens is 3. The second-order valence-corrected chi connectivity index (χ2v) is 5.84. The summed E-state index contributed by atoms with van der Waals surface area (Å²) in [4.78, 5) is 4.54. The van der Waals surface area contributed by atoms with Crippen LogP contribution in [0.5, 0.6) is 11.5 Å². The Hall–Kier alpha value is -3.15. The molecule has 0 fully saturated rings. The van der Waals surface area contributed by atoms with Crippen LogP contribution in [0.1, 0.15) is 25.2 Å². The minimum absolute atomic E-state index is 0.121. The number of hydrogen-bond acceptors (Lipinski definition) is 5. The van der Waals surface area contributed by atoms with Crippen molar-refractivity contribution in [2.24, 2.45) is 4.99 Å². The first-order chi connectivity index (χ1) is 12.6. The Morgan fingerprint density at radius 1 is 1.23 bits per heavy atom. The fraction of sp³-hybridized carbons (Fsp3) is 0.250. The van der Waals surface area contributed by atoms with E-state index in [1.165, 1.54) is 0 Å². The SMILES string of the molecule is CC=Nc1c(C)cccc1-n1c(CC)nnc1-c1cc(OC)ccc1O. The third-order valence-corrected chi connectivity index (χ3v) is 4.21. The molecule has 0 amide bonds. The standard InChI is InChI=1S/C20H22N4O2/c1-5-18-22-23-20(15-12-14(26-4)10-11-17(15)25)24(18)16-9-7-8-13(3)19(16)21-6-2/h6-12,25H,5H2,1-4H3. The maximum atomic E-state index is 10.4. The molecule has 0 saturated heterocycles. The van der Waals surface area contributed by atoms with Crippen LogP contribution in [0.3, 0.4) is 0 Å². The van der Waals surface area contributed by atoms with Crippen molar-refractivity contribution in [3.05, 3.63) is 47.8 Å². The summed E-state index contributed by atoms with van der Waals surface area (Å²) in [5, 5.41) is 19.1. The van der Waals surface area contributed by atoms with Crippen molar-refractivity contribution in [1.82, 2.24) is 14.8 Å². The van der Waals surface area contributed by atoms with Gasteiger partial charge in [-0.3, -0.25) is 9.56 Å². The van der Waals surface area contributed by atoms with Gasteiger partial charge >= 0.3 is 0 Å². The summed E-state index contributed by atoms with van der Waals surface area (Å²) in [6.07, 6.45) is 2.46. The molecular weight excluding hydrogens is 328 g/mol. The van der Waals surface area contributed by atoms with Gasteiger partial charge in [0.25, 0.3) is 0 Å². The van der Waals surface area contributed by atoms with Crippen molar-refractivity contribution in [2.45, 2.75) is 27.2 Å². The number of aryl methyl sites for hydroxylation is 2. The molecule has 3 aromatic rings. The number of hydrogen-bond donors (Lipinski definition) is 1. The van der Waals surface area contributed by atoms with Crippen LogP contribution in [-0.2, 0) is 6.42 Å². The van der Waals surface area contributed by atoms with E-state index in [1.807, 2.05) is 43.5 Å². The van der Waals surface area contributed by atoms with Gasteiger partial charge in [-0.1, -0.05) is 19.1 Å². The maximum absolute atomic E-state index is 10.4. The van der Waals surface area contributed by atoms with E-state index in [0.29, 0.717) is 23.6 Å². The minimum Gasteiger partial charge on any atom is -0.507 e. The molecule has 26 heavy (non-hydrogen) atoms. The van der Waals surface area contributed by atoms with Gasteiger partial charge in [0, 0.05) is 12.6 Å². The number of nitrogens with zero attached hydrogens (tertiary/aromatic N) is 4. The van der Waals surface area contributed by atoms with Crippen LogP contribution in [0, 0.1) is 6.92 Å². The molecule has 0 aliphatic heterocycles. The Balaban J connectivity index is 2.31. The fourth-order valence-electron chi connectivity index (χ4n) is 2.92. The van der Waals surface area contributed by atoms with Gasteiger partial charge in [0.15, 0.2) is 5.82 Å². The number of phenols is 1. The Labute approximate surface area is 152 Å². The van der Waals surface area contributed by atoms with Crippen molar-refractivity contribution in [3.8, 4) is 28.6 Å². The topological polar surface area (TPSA) is 72.5 Å². The average Bonchev–Trinajstić information content (AvgIpc) is 3.07. The number of ether oxygens (including phenoxy) is 1. The summed E-state index contributed by atoms with van der Waals surface area (Å²) in [5.41, 5.74) is 3.34. The first-order valence-corrected chi connectivity index (χ1v) is 8.51. The van der Waals surface area contributed by atoms with E-state index >= 15 is 0 Å². The van der Waals surface area contributed by atoms with Crippen LogP contribution in [0.2, 0.25) is 0 Å². The lowest BCUT2D eigenvalue weighted by Crippen LogP contribution is -2.04. The zero-order valence-electron chi connectivity index (χ0n) is 15.4. The molecule has 0 bridgehead atoms. The maximum Gasteiger partial charge on any atom is 0.172 e. The summed E-state index contributed by atoms with van der Waals surface area (Å²) in [6, 6.07) is 11.0. The van der Waals surface area contributed by atoms with Gasteiger partial charge in [-0.15, -0.1) is 10.2 Å². The summed E-state index contributed by atoms with van der Waals surface area (Å²) < 4.78 is 7.25. The second-order valence-electron chi connectivity index (χ2n) is 5.84. The molecule has 0 unspecified atom stereocenters. The van der Waals surface area contributed by atoms with Gasteiger partial charge < -0.3 is 9.84 Å². The predicted octanol–water partition coefficient (Wildman–Crippen LogP) is 4.24. The van der Waals surface area contributed by atoms with Crippen LogP contribution in [0.25, 0.3) is 17.1 Å². The van der Waals surface area contributed by atoms with E-state index < -0.39 is 0 Å². The van der Waals surface area contributed by atoms with Crippen molar-refractivity contribution in [1.29, 1.82) is 0 Å². The molecule has 134 valence electrons. The van der Waals surface area contributed by atoms with Crippen molar-refractivity contribution >= 4 is 11.9 Å². The van der Waals surface area contributed by atoms with E-state index in [0.717, 1.165) is 22.8 Å². The molecule has 0 aliphatic rings. The summed E-state index contributed by atoms with van der Waals surface area (Å²) in [6.45, 7) is 5.93. The number of para-hydroxylation sites is 1. The minimum atomic E-state index is 0.121. The smallest absolute Gasteiger partial charge is 0.172 e. The van der Waals surface area contributed by atoms with E-state index in [-0.39, 0.29) is 5.75 Å². The molecule has 2 aromatic carbocycles. The monoisotopic (exact) mass is 350 g/mol. The summed E-state index contributed by atoms with van der Waals surface area (Å²) in [5.74, 6) is 2.11. The Morgan fingerprint density at radius 2 is 2.04 bits per heavy atom. The molecule has 1 N–H and O–H groups in total. The molecule has 0 aliphatic carbocycles. The second kappa shape index (κ2) is 7.39. The fourth-order valence-corrected chi connectivity index (χ4v) is 2.92. The quantitative estimate of drug-likeness (QED) is 0.699. The van der Waals surface area contributed by atoms with Crippen LogP contribution < -0.4 is 4.74 Å². The van der Waals surface area contributed by atoms with E-state index in [2.05, 4.69) is 15.2 Å². The van der Waals surface area contributed by atoms with Crippen molar-refractivity contribution < 1.29 is 9.84 Å². The molecule has 6 heteroatoms. The van der Waals surface area contributed by atoms with Gasteiger partial charge in [-0.2, -0.15) is 0 Å². The number of aromatic hydroxyl groups is 1. The highest BCUT2D eigenvalue weighted by Gasteiger charge is 2.20. The van der Waals surface area contributed by atoms with Gasteiger partial charge in [-0.05, 0) is 43.7 Å². The Morgan fingerprint density at radius 3 is 2.73 bits per heavy atom. The Kier molecular flexibility index (Phi) is 5.02. The normalized spacial score (nSPS) is 11.2. The predicted molar refractivity (Wildman–Crippen MR) is 103 cm³/mol. The molecule has 0 spiro atoms. The molecule has 6 nitrogen and oxygen atoms in total. The van der Waals surface area contributed by atoms with Crippen LogP contribution >= 0.6 is 0 Å². The highest BCUT2D eigenvalue weighted by molar-refractivity contribution is 5.74. The van der Waals surface area contributed by atoms with E-state index in [9.17, 15) is 5.11 Å². The highest BCUT2D eigenvalue weighted by Crippen LogP contribution is 2.36. The first kappa shape index (κ1) is 17.7. The van der Waals surface area contributed by atoms with E-state index in [4.69, 9.17) is 4.74 Å². The van der Waals surface area contributed by atoms with E-state index in [1.54, 1.807) is 31.5 Å². The van der Waals surface area contributed by atoms with Gasteiger partial charge in [-0.25, -0.2) is 0 Å². The largest absolute Gasteiger partial charge is 0.507 e. The molecule has 3 rings (SSSR count). The highest BCUT2D eigenvalue weighted by atomic mass is 16.5.